The van der Waals surface area contributed by atoms with Crippen LogP contribution >= 0.6 is 0 Å². The van der Waals surface area contributed by atoms with Crippen molar-refractivity contribution in [1.29, 1.82) is 0 Å². The Hall–Kier alpha value is -0.380. The molecule has 2 N–H and O–H groups in total. The zero-order valence-corrected chi connectivity index (χ0v) is 11.3. The number of hydrogen-bond donors (Lipinski definition) is 2. The number of nitrogens with one attached hydrogen (secondary N) is 1. The van der Waals surface area contributed by atoms with E-state index in [1.165, 1.54) is 4.31 Å². The van der Waals surface area contributed by atoms with Gasteiger partial charge in [0.2, 0.25) is 0 Å². The molecule has 1 fully saturated rings. The maximum atomic E-state index is 11.9. The van der Waals surface area contributed by atoms with Crippen molar-refractivity contribution in [3.63, 3.8) is 0 Å². The van der Waals surface area contributed by atoms with Crippen LogP contribution in [0.4, 0.5) is 13.2 Å². The second-order valence-corrected chi connectivity index (χ2v) is 6.40. The Morgan fingerprint density at radius 3 is 2.32 bits per heavy atom. The standard InChI is InChI=1S/C10H19F3N2O3S/c11-10(12,13)4-1-5-14-19(17,18)15-6-2-9(8-16)3-7-15/h9,14,16H,1-8H2. The molecule has 0 radical (unpaired) electrons. The molecule has 1 aliphatic rings. The van der Waals surface area contributed by atoms with E-state index in [2.05, 4.69) is 4.72 Å². The summed E-state index contributed by atoms with van der Waals surface area (Å²) in [5, 5.41) is 8.94. The summed E-state index contributed by atoms with van der Waals surface area (Å²) in [6.07, 6.45) is -4.39. The predicted octanol–water partition coefficient (Wildman–Crippen LogP) is 0.868. The highest BCUT2D eigenvalue weighted by Gasteiger charge is 2.29. The largest absolute Gasteiger partial charge is 0.396 e. The minimum absolute atomic E-state index is 0.0346. The molecule has 1 saturated heterocycles. The normalized spacial score (nSPS) is 19.8. The topological polar surface area (TPSA) is 69.6 Å². The number of piperidine rings is 1. The molecule has 114 valence electrons. The molecule has 1 heterocycles. The Morgan fingerprint density at radius 1 is 1.26 bits per heavy atom. The highest BCUT2D eigenvalue weighted by molar-refractivity contribution is 7.87. The quantitative estimate of drug-likeness (QED) is 0.715. The van der Waals surface area contributed by atoms with E-state index in [-0.39, 0.29) is 25.5 Å². The maximum Gasteiger partial charge on any atom is 0.389 e. The number of alkyl halides is 3. The maximum absolute atomic E-state index is 11.9. The van der Waals surface area contributed by atoms with Gasteiger partial charge < -0.3 is 5.11 Å². The van der Waals surface area contributed by atoms with Crippen molar-refractivity contribution < 1.29 is 26.7 Å². The van der Waals surface area contributed by atoms with Crippen LogP contribution in [0.15, 0.2) is 0 Å². The summed E-state index contributed by atoms with van der Waals surface area (Å²) in [4.78, 5) is 0. The van der Waals surface area contributed by atoms with Gasteiger partial charge in [-0.3, -0.25) is 0 Å². The number of aliphatic hydroxyl groups is 1. The van der Waals surface area contributed by atoms with Crippen LogP contribution in [0.1, 0.15) is 25.7 Å². The molecule has 0 bridgehead atoms. The molecule has 0 amide bonds. The molecule has 0 spiro atoms. The van der Waals surface area contributed by atoms with Crippen LogP contribution in [-0.2, 0) is 10.2 Å². The van der Waals surface area contributed by atoms with Gasteiger partial charge in [0.25, 0.3) is 10.2 Å². The van der Waals surface area contributed by atoms with E-state index in [1.807, 2.05) is 0 Å². The molecule has 9 heteroatoms. The van der Waals surface area contributed by atoms with Crippen LogP contribution in [0, 0.1) is 5.92 Å². The van der Waals surface area contributed by atoms with Gasteiger partial charge in [0.15, 0.2) is 0 Å². The van der Waals surface area contributed by atoms with Crippen molar-refractivity contribution in [3.05, 3.63) is 0 Å². The van der Waals surface area contributed by atoms with Crippen molar-refractivity contribution >= 4 is 10.2 Å². The Kier molecular flexibility index (Phi) is 6.03. The van der Waals surface area contributed by atoms with Gasteiger partial charge in [-0.2, -0.15) is 25.9 Å². The highest BCUT2D eigenvalue weighted by atomic mass is 32.2. The molecule has 5 nitrogen and oxygen atoms in total. The SMILES string of the molecule is O=S(=O)(NCCCC(F)(F)F)N1CCC(CO)CC1. The van der Waals surface area contributed by atoms with Crippen molar-refractivity contribution in [2.45, 2.75) is 31.9 Å². The van der Waals surface area contributed by atoms with Gasteiger partial charge in [-0.1, -0.05) is 0 Å². The Labute approximate surface area is 111 Å². The number of nitrogens with zero attached hydrogens (tertiary/aromatic N) is 1. The molecule has 0 aliphatic carbocycles. The fraction of sp³-hybridized carbons (Fsp3) is 1.00. The van der Waals surface area contributed by atoms with Crippen molar-refractivity contribution in [3.8, 4) is 0 Å². The third-order valence-electron chi connectivity index (χ3n) is 3.09. The van der Waals surface area contributed by atoms with Gasteiger partial charge in [-0.15, -0.1) is 0 Å². The average molecular weight is 304 g/mol. The van der Waals surface area contributed by atoms with E-state index >= 15 is 0 Å². The number of halogens is 3. The molecule has 19 heavy (non-hydrogen) atoms. The van der Waals surface area contributed by atoms with E-state index in [1.54, 1.807) is 0 Å². The van der Waals surface area contributed by atoms with E-state index in [9.17, 15) is 21.6 Å². The summed E-state index contributed by atoms with van der Waals surface area (Å²) >= 11 is 0. The predicted molar refractivity (Wildman–Crippen MR) is 63.6 cm³/mol. The van der Waals surface area contributed by atoms with E-state index in [4.69, 9.17) is 5.11 Å². The molecule has 0 unspecified atom stereocenters. The molecule has 1 aliphatic heterocycles. The summed E-state index contributed by atoms with van der Waals surface area (Å²) in [5.74, 6) is 0.108. The number of aliphatic hydroxyl groups excluding tert-OH is 1. The molecule has 0 atom stereocenters. The lowest BCUT2D eigenvalue weighted by atomic mass is 10.00. The van der Waals surface area contributed by atoms with Crippen LogP contribution in [0.25, 0.3) is 0 Å². The lowest BCUT2D eigenvalue weighted by Gasteiger charge is -2.30. The molecular weight excluding hydrogens is 285 g/mol. The van der Waals surface area contributed by atoms with Crippen LogP contribution in [0.3, 0.4) is 0 Å². The van der Waals surface area contributed by atoms with Gasteiger partial charge in [0.1, 0.15) is 0 Å². The van der Waals surface area contributed by atoms with Crippen LogP contribution < -0.4 is 4.72 Å². The monoisotopic (exact) mass is 304 g/mol. The van der Waals surface area contributed by atoms with Gasteiger partial charge in [0.05, 0.1) is 0 Å². The second-order valence-electron chi connectivity index (χ2n) is 4.64. The van der Waals surface area contributed by atoms with E-state index in [0.717, 1.165) is 0 Å². The van der Waals surface area contributed by atoms with Crippen molar-refractivity contribution in [2.75, 3.05) is 26.2 Å². The van der Waals surface area contributed by atoms with E-state index < -0.39 is 22.8 Å². The smallest absolute Gasteiger partial charge is 0.389 e. The lowest BCUT2D eigenvalue weighted by Crippen LogP contribution is -2.45. The highest BCUT2D eigenvalue weighted by Crippen LogP contribution is 2.21. The summed E-state index contributed by atoms with van der Waals surface area (Å²) in [7, 11) is -3.70. The molecular formula is C10H19F3N2O3S. The first-order chi connectivity index (χ1) is 8.74. The van der Waals surface area contributed by atoms with Crippen LogP contribution in [0.5, 0.6) is 0 Å². The average Bonchev–Trinajstić information content (AvgIpc) is 2.34. The third kappa shape index (κ3) is 6.07. The third-order valence-corrected chi connectivity index (χ3v) is 4.71. The minimum Gasteiger partial charge on any atom is -0.396 e. The van der Waals surface area contributed by atoms with E-state index in [0.29, 0.717) is 25.9 Å². The van der Waals surface area contributed by atoms with Gasteiger partial charge in [-0.25, -0.2) is 4.72 Å². The minimum atomic E-state index is -4.26. The summed E-state index contributed by atoms with van der Waals surface area (Å²) < 4.78 is 62.6. The van der Waals surface area contributed by atoms with Gasteiger partial charge in [0, 0.05) is 32.7 Å². The molecule has 1 rings (SSSR count). The fourth-order valence-corrected chi connectivity index (χ4v) is 3.19. The molecule has 0 aromatic carbocycles. The Morgan fingerprint density at radius 2 is 1.84 bits per heavy atom. The first-order valence-electron chi connectivity index (χ1n) is 6.17. The van der Waals surface area contributed by atoms with Crippen molar-refractivity contribution in [2.24, 2.45) is 5.92 Å². The number of hydrogen-bond acceptors (Lipinski definition) is 3. The fourth-order valence-electron chi connectivity index (χ4n) is 1.91. The van der Waals surface area contributed by atoms with Gasteiger partial charge >= 0.3 is 6.18 Å². The summed E-state index contributed by atoms with van der Waals surface area (Å²) in [6.45, 7) is 0.397. The first-order valence-corrected chi connectivity index (χ1v) is 7.61. The number of rotatable bonds is 6. The second kappa shape index (κ2) is 6.87. The zero-order chi connectivity index (χ0) is 14.5. The Bertz CT molecular complexity index is 365. The zero-order valence-electron chi connectivity index (χ0n) is 10.5. The molecule has 0 saturated carbocycles. The van der Waals surface area contributed by atoms with Crippen molar-refractivity contribution in [1.82, 2.24) is 9.03 Å². The first kappa shape index (κ1) is 16.7. The van der Waals surface area contributed by atoms with Gasteiger partial charge in [-0.05, 0) is 25.2 Å². The van der Waals surface area contributed by atoms with Crippen LogP contribution in [0.2, 0.25) is 0 Å². The summed E-state index contributed by atoms with van der Waals surface area (Å²) in [6, 6.07) is 0. The Balaban J connectivity index is 2.32. The van der Waals surface area contributed by atoms with Crippen LogP contribution in [-0.4, -0.2) is 50.2 Å². The molecule has 0 aromatic rings. The summed E-state index contributed by atoms with van der Waals surface area (Å²) in [5.41, 5.74) is 0. The lowest BCUT2D eigenvalue weighted by molar-refractivity contribution is -0.135. The molecule has 0 aromatic heterocycles.